The third kappa shape index (κ3) is 7.81. The molecule has 0 atom stereocenters. The van der Waals surface area contributed by atoms with E-state index >= 15 is 0 Å². The van der Waals surface area contributed by atoms with E-state index in [2.05, 4.69) is 21.5 Å². The average molecular weight is 511 g/mol. The van der Waals surface area contributed by atoms with Gasteiger partial charge in [0, 0.05) is 23.2 Å². The smallest absolute Gasteiger partial charge is 0.269 e. The highest BCUT2D eigenvalue weighted by Crippen LogP contribution is 2.28. The van der Waals surface area contributed by atoms with Crippen LogP contribution in [-0.2, 0) is 9.59 Å². The number of benzene rings is 2. The minimum atomic E-state index is -0.477. The van der Waals surface area contributed by atoms with Crippen LogP contribution >= 0.6 is 12.2 Å². The number of nitrogens with one attached hydrogen (secondary N) is 4. The van der Waals surface area contributed by atoms with Gasteiger partial charge >= 0.3 is 0 Å². The lowest BCUT2D eigenvalue weighted by atomic mass is 9.88. The van der Waals surface area contributed by atoms with Crippen molar-refractivity contribution < 1.29 is 23.9 Å². The highest BCUT2D eigenvalue weighted by Gasteiger charge is 2.21. The highest BCUT2D eigenvalue weighted by atomic mass is 32.1. The number of hydrogen-bond donors (Lipinski definition) is 4. The van der Waals surface area contributed by atoms with Crippen LogP contribution in [0.15, 0.2) is 48.5 Å². The fourth-order valence-electron chi connectivity index (χ4n) is 3.81. The zero-order valence-corrected chi connectivity index (χ0v) is 21.1. The number of hydrazine groups is 1. The van der Waals surface area contributed by atoms with E-state index in [-0.39, 0.29) is 16.9 Å². The topological polar surface area (TPSA) is 118 Å². The van der Waals surface area contributed by atoms with E-state index in [1.165, 1.54) is 19.6 Å². The van der Waals surface area contributed by atoms with Crippen LogP contribution in [0.4, 0.5) is 5.69 Å². The molecule has 9 nitrogen and oxygen atoms in total. The van der Waals surface area contributed by atoms with Crippen molar-refractivity contribution in [2.45, 2.75) is 32.1 Å². The number of thiocarbonyl (C=S) groups is 1. The number of hydrogen-bond acceptors (Lipinski definition) is 6. The first-order valence-electron chi connectivity index (χ1n) is 11.6. The Morgan fingerprint density at radius 3 is 2.28 bits per heavy atom. The van der Waals surface area contributed by atoms with Crippen molar-refractivity contribution >= 4 is 46.8 Å². The van der Waals surface area contributed by atoms with Crippen LogP contribution < -0.4 is 31.0 Å². The zero-order chi connectivity index (χ0) is 25.9. The third-order valence-corrected chi connectivity index (χ3v) is 5.96. The summed E-state index contributed by atoms with van der Waals surface area (Å²) in [6.45, 7) is 0. The molecule has 0 unspecified atom stereocenters. The maximum atomic E-state index is 12.4. The molecule has 0 spiro atoms. The summed E-state index contributed by atoms with van der Waals surface area (Å²) in [6.07, 6.45) is 8.08. The van der Waals surface area contributed by atoms with Gasteiger partial charge in [0.1, 0.15) is 0 Å². The van der Waals surface area contributed by atoms with Crippen LogP contribution in [-0.4, -0.2) is 37.1 Å². The Morgan fingerprint density at radius 2 is 1.61 bits per heavy atom. The van der Waals surface area contributed by atoms with Gasteiger partial charge in [0.2, 0.25) is 11.8 Å². The first kappa shape index (κ1) is 26.7. The van der Waals surface area contributed by atoms with Crippen LogP contribution in [0.5, 0.6) is 11.5 Å². The maximum absolute atomic E-state index is 12.4. The lowest BCUT2D eigenvalue weighted by Crippen LogP contribution is -2.48. The molecule has 0 heterocycles. The molecule has 36 heavy (non-hydrogen) atoms. The van der Waals surface area contributed by atoms with Crippen LogP contribution in [0, 0.1) is 5.92 Å². The van der Waals surface area contributed by atoms with Crippen molar-refractivity contribution in [2.75, 3.05) is 19.5 Å². The number of carbonyl (C=O) groups is 3. The second-order valence-electron chi connectivity index (χ2n) is 8.25. The van der Waals surface area contributed by atoms with Gasteiger partial charge in [-0.3, -0.25) is 30.6 Å². The van der Waals surface area contributed by atoms with Gasteiger partial charge in [-0.15, -0.1) is 0 Å². The Labute approximate surface area is 215 Å². The van der Waals surface area contributed by atoms with Crippen molar-refractivity contribution in [3.63, 3.8) is 0 Å². The van der Waals surface area contributed by atoms with E-state index in [4.69, 9.17) is 21.7 Å². The van der Waals surface area contributed by atoms with E-state index in [9.17, 15) is 14.4 Å². The lowest BCUT2D eigenvalue weighted by molar-refractivity contribution is -0.120. The number of rotatable bonds is 7. The third-order valence-electron chi connectivity index (χ3n) is 5.75. The average Bonchev–Trinajstić information content (AvgIpc) is 2.91. The molecule has 1 fully saturated rings. The van der Waals surface area contributed by atoms with E-state index in [0.29, 0.717) is 22.7 Å². The standard InChI is InChI=1S/C26H30N4O5S/c1-34-21-14-8-17(16-22(21)35-2)9-15-23(31)28-26(36)30-29-25(33)19-10-12-20(13-11-19)27-24(32)18-6-4-3-5-7-18/h8-16,18H,3-7H2,1-2H3,(H,27,32)(H,29,33)(H2,28,30,31,36)/b15-9+. The molecular weight excluding hydrogens is 480 g/mol. The number of methoxy groups -OCH3 is 2. The molecule has 1 saturated carbocycles. The van der Waals surface area contributed by atoms with E-state index in [1.807, 2.05) is 0 Å². The molecule has 0 aliphatic heterocycles. The fourth-order valence-corrected chi connectivity index (χ4v) is 3.96. The first-order chi connectivity index (χ1) is 17.4. The van der Waals surface area contributed by atoms with Gasteiger partial charge in [-0.25, -0.2) is 0 Å². The number of ether oxygens (including phenoxy) is 2. The van der Waals surface area contributed by atoms with Crippen molar-refractivity contribution in [1.29, 1.82) is 0 Å². The summed E-state index contributed by atoms with van der Waals surface area (Å²) >= 11 is 5.06. The van der Waals surface area contributed by atoms with Gasteiger partial charge in [0.05, 0.1) is 14.2 Å². The van der Waals surface area contributed by atoms with Crippen molar-refractivity contribution in [2.24, 2.45) is 5.92 Å². The predicted molar refractivity (Wildman–Crippen MR) is 142 cm³/mol. The molecule has 10 heteroatoms. The van der Waals surface area contributed by atoms with Crippen LogP contribution in [0.3, 0.4) is 0 Å². The van der Waals surface area contributed by atoms with Crippen molar-refractivity contribution in [1.82, 2.24) is 16.2 Å². The SMILES string of the molecule is COc1ccc(/C=C/C(=O)NC(=S)NNC(=O)c2ccc(NC(=O)C3CCCCC3)cc2)cc1OC. The minimum absolute atomic E-state index is 0.0230. The summed E-state index contributed by atoms with van der Waals surface area (Å²) < 4.78 is 10.4. The number of amides is 3. The Balaban J connectivity index is 1.43. The Kier molecular flexibility index (Phi) is 9.82. The molecule has 3 rings (SSSR count). The molecule has 0 saturated heterocycles. The summed E-state index contributed by atoms with van der Waals surface area (Å²) in [5, 5.41) is 5.29. The van der Waals surface area contributed by atoms with Gasteiger partial charge in [-0.1, -0.05) is 25.3 Å². The predicted octanol–water partition coefficient (Wildman–Crippen LogP) is 3.57. The molecule has 4 N–H and O–H groups in total. The summed E-state index contributed by atoms with van der Waals surface area (Å²) in [7, 11) is 3.07. The van der Waals surface area contributed by atoms with E-state index < -0.39 is 11.8 Å². The Bertz CT molecular complexity index is 1130. The van der Waals surface area contributed by atoms with Gasteiger partial charge in [-0.2, -0.15) is 0 Å². The minimum Gasteiger partial charge on any atom is -0.493 e. The molecule has 2 aromatic rings. The van der Waals surface area contributed by atoms with Crippen LogP contribution in [0.2, 0.25) is 0 Å². The van der Waals surface area contributed by atoms with Gasteiger partial charge < -0.3 is 14.8 Å². The normalized spacial score (nSPS) is 13.5. The molecule has 0 aromatic heterocycles. The summed E-state index contributed by atoms with van der Waals surface area (Å²) in [6, 6.07) is 11.8. The van der Waals surface area contributed by atoms with Crippen LogP contribution in [0.25, 0.3) is 6.08 Å². The summed E-state index contributed by atoms with van der Waals surface area (Å²) in [5.74, 6) is 0.275. The summed E-state index contributed by atoms with van der Waals surface area (Å²) in [4.78, 5) is 36.9. The molecule has 1 aliphatic rings. The largest absolute Gasteiger partial charge is 0.493 e. The number of carbonyl (C=O) groups excluding carboxylic acids is 3. The van der Waals surface area contributed by atoms with Crippen molar-refractivity contribution in [3.8, 4) is 11.5 Å². The molecular formula is C26H30N4O5S. The van der Waals surface area contributed by atoms with Gasteiger partial charge in [-0.05, 0) is 73.1 Å². The quantitative estimate of drug-likeness (QED) is 0.256. The molecule has 0 bridgehead atoms. The molecule has 1 aliphatic carbocycles. The number of anilines is 1. The molecule has 3 amide bonds. The lowest BCUT2D eigenvalue weighted by Gasteiger charge is -2.20. The first-order valence-corrected chi connectivity index (χ1v) is 12.0. The Hall–Kier alpha value is -3.92. The zero-order valence-electron chi connectivity index (χ0n) is 20.3. The monoisotopic (exact) mass is 510 g/mol. The fraction of sp³-hybridized carbons (Fsp3) is 0.308. The maximum Gasteiger partial charge on any atom is 0.269 e. The van der Waals surface area contributed by atoms with Crippen molar-refractivity contribution in [3.05, 3.63) is 59.7 Å². The molecule has 190 valence electrons. The van der Waals surface area contributed by atoms with Gasteiger partial charge in [0.15, 0.2) is 16.6 Å². The van der Waals surface area contributed by atoms with Crippen LogP contribution in [0.1, 0.15) is 48.0 Å². The van der Waals surface area contributed by atoms with E-state index in [1.54, 1.807) is 55.7 Å². The van der Waals surface area contributed by atoms with Gasteiger partial charge in [0.25, 0.3) is 5.91 Å². The molecule has 2 aromatic carbocycles. The second-order valence-corrected chi connectivity index (χ2v) is 8.66. The molecule has 0 radical (unpaired) electrons. The highest BCUT2D eigenvalue weighted by molar-refractivity contribution is 7.80. The van der Waals surface area contributed by atoms with E-state index in [0.717, 1.165) is 31.2 Å². The second kappa shape index (κ2) is 13.2. The Morgan fingerprint density at radius 1 is 0.917 bits per heavy atom. The summed E-state index contributed by atoms with van der Waals surface area (Å²) in [5.41, 5.74) is 6.65.